The van der Waals surface area contributed by atoms with Crippen molar-refractivity contribution in [2.75, 3.05) is 39.2 Å². The molecule has 0 saturated heterocycles. The molecule has 10 heteroatoms. The molecule has 1 N–H and O–H groups in total. The van der Waals surface area contributed by atoms with Crippen molar-refractivity contribution in [3.63, 3.8) is 0 Å². The van der Waals surface area contributed by atoms with Gasteiger partial charge in [0.05, 0.1) is 19.3 Å². The van der Waals surface area contributed by atoms with E-state index in [1.54, 1.807) is 13.2 Å². The fourth-order valence-corrected chi connectivity index (χ4v) is 3.63. The number of rotatable bonds is 10. The molecule has 0 atom stereocenters. The molecule has 0 aliphatic carbocycles. The molecular formula is C22H23FN4O4S. The number of benzene rings is 2. The van der Waals surface area contributed by atoms with Crippen LogP contribution >= 0.6 is 11.3 Å². The van der Waals surface area contributed by atoms with Crippen molar-refractivity contribution in [2.24, 2.45) is 0 Å². The second kappa shape index (κ2) is 11.3. The molecule has 3 rings (SSSR count). The van der Waals surface area contributed by atoms with Crippen LogP contribution in [0.1, 0.15) is 16.8 Å². The number of nitrogens with zero attached hydrogens (tertiary/aromatic N) is 3. The maximum atomic E-state index is 14.0. The quantitative estimate of drug-likeness (QED) is 0.500. The molecule has 8 nitrogen and oxygen atoms in total. The van der Waals surface area contributed by atoms with Crippen LogP contribution in [-0.2, 0) is 9.53 Å². The number of halogens is 1. The predicted octanol–water partition coefficient (Wildman–Crippen LogP) is 3.47. The lowest BCUT2D eigenvalue weighted by atomic mass is 10.1. The Morgan fingerprint density at radius 3 is 2.50 bits per heavy atom. The Hall–Kier alpha value is -3.37. The van der Waals surface area contributed by atoms with Crippen LogP contribution in [0, 0.1) is 5.82 Å². The van der Waals surface area contributed by atoms with E-state index in [0.29, 0.717) is 10.1 Å². The summed E-state index contributed by atoms with van der Waals surface area (Å²) >= 11 is 1.24. The summed E-state index contributed by atoms with van der Waals surface area (Å²) in [5, 5.41) is 11.8. The molecule has 0 bridgehead atoms. The first-order valence-corrected chi connectivity index (χ1v) is 10.6. The summed E-state index contributed by atoms with van der Waals surface area (Å²) in [6.45, 7) is 0.604. The summed E-state index contributed by atoms with van der Waals surface area (Å²) in [5.41, 5.74) is 0.808. The van der Waals surface area contributed by atoms with Gasteiger partial charge in [0.25, 0.3) is 5.91 Å². The number of anilines is 1. The van der Waals surface area contributed by atoms with Gasteiger partial charge in [-0.15, -0.1) is 10.2 Å². The molecule has 168 valence electrons. The minimum absolute atomic E-state index is 0.0152. The number of carbonyl (C=O) groups excluding carboxylic acids is 2. The fraction of sp³-hybridized carbons (Fsp3) is 0.273. The van der Waals surface area contributed by atoms with Crippen LogP contribution in [0.2, 0.25) is 0 Å². The lowest BCUT2D eigenvalue weighted by Gasteiger charge is -2.22. The van der Waals surface area contributed by atoms with E-state index in [4.69, 9.17) is 9.47 Å². The zero-order valence-corrected chi connectivity index (χ0v) is 18.5. The van der Waals surface area contributed by atoms with Crippen molar-refractivity contribution >= 4 is 28.3 Å². The summed E-state index contributed by atoms with van der Waals surface area (Å²) in [6.07, 6.45) is 0.0152. The Bertz CT molecular complexity index is 1060. The Morgan fingerprint density at radius 2 is 1.81 bits per heavy atom. The molecule has 0 fully saturated rings. The first kappa shape index (κ1) is 23.3. The number of aromatic nitrogens is 2. The fourth-order valence-electron chi connectivity index (χ4n) is 2.86. The van der Waals surface area contributed by atoms with Crippen LogP contribution in [0.3, 0.4) is 0 Å². The third kappa shape index (κ3) is 6.08. The average Bonchev–Trinajstić information content (AvgIpc) is 3.27. The normalized spacial score (nSPS) is 10.6. The third-order valence-corrected chi connectivity index (χ3v) is 5.46. The van der Waals surface area contributed by atoms with Gasteiger partial charge in [0.1, 0.15) is 16.6 Å². The molecule has 3 aromatic rings. The molecule has 1 heterocycles. The van der Waals surface area contributed by atoms with E-state index in [-0.39, 0.29) is 37.6 Å². The van der Waals surface area contributed by atoms with Gasteiger partial charge in [0.15, 0.2) is 0 Å². The smallest absolute Gasteiger partial charge is 0.256 e. The van der Waals surface area contributed by atoms with Gasteiger partial charge in [0.2, 0.25) is 11.0 Å². The molecule has 0 aliphatic heterocycles. The van der Waals surface area contributed by atoms with E-state index in [9.17, 15) is 14.0 Å². The Balaban J connectivity index is 1.59. The van der Waals surface area contributed by atoms with Gasteiger partial charge in [-0.3, -0.25) is 9.59 Å². The van der Waals surface area contributed by atoms with E-state index in [1.807, 2.05) is 24.3 Å². The number of carbonyl (C=O) groups is 2. The van der Waals surface area contributed by atoms with E-state index < -0.39 is 11.7 Å². The van der Waals surface area contributed by atoms with Gasteiger partial charge in [-0.25, -0.2) is 4.39 Å². The molecule has 0 spiro atoms. The Kier molecular flexibility index (Phi) is 8.23. The summed E-state index contributed by atoms with van der Waals surface area (Å²) < 4.78 is 24.2. The van der Waals surface area contributed by atoms with Gasteiger partial charge in [-0.2, -0.15) is 0 Å². The number of nitrogens with one attached hydrogen (secondary N) is 1. The van der Waals surface area contributed by atoms with E-state index in [1.165, 1.54) is 41.5 Å². The van der Waals surface area contributed by atoms with Crippen LogP contribution in [0.25, 0.3) is 10.6 Å². The van der Waals surface area contributed by atoms with Crippen molar-refractivity contribution in [3.05, 3.63) is 59.9 Å². The maximum absolute atomic E-state index is 14.0. The number of hydrogen-bond donors (Lipinski definition) is 1. The lowest BCUT2D eigenvalue weighted by molar-refractivity contribution is -0.116. The minimum atomic E-state index is -0.607. The van der Waals surface area contributed by atoms with Crippen molar-refractivity contribution in [1.82, 2.24) is 15.1 Å². The third-order valence-electron chi connectivity index (χ3n) is 4.57. The number of amides is 2. The molecule has 0 radical (unpaired) electrons. The largest absolute Gasteiger partial charge is 0.497 e. The average molecular weight is 459 g/mol. The molecule has 32 heavy (non-hydrogen) atoms. The van der Waals surface area contributed by atoms with Crippen molar-refractivity contribution in [1.29, 1.82) is 0 Å². The van der Waals surface area contributed by atoms with E-state index in [0.717, 1.165) is 11.3 Å². The first-order valence-electron chi connectivity index (χ1n) is 9.82. The van der Waals surface area contributed by atoms with Crippen LogP contribution in [0.5, 0.6) is 5.75 Å². The van der Waals surface area contributed by atoms with E-state index >= 15 is 0 Å². The predicted molar refractivity (Wildman–Crippen MR) is 119 cm³/mol. The van der Waals surface area contributed by atoms with Crippen molar-refractivity contribution < 1.29 is 23.5 Å². The van der Waals surface area contributed by atoms with E-state index in [2.05, 4.69) is 15.5 Å². The van der Waals surface area contributed by atoms with Crippen LogP contribution in [-0.4, -0.2) is 60.8 Å². The maximum Gasteiger partial charge on any atom is 0.256 e. The van der Waals surface area contributed by atoms with Crippen LogP contribution in [0.15, 0.2) is 48.5 Å². The van der Waals surface area contributed by atoms with Gasteiger partial charge in [-0.1, -0.05) is 23.5 Å². The second-order valence-electron chi connectivity index (χ2n) is 6.70. The van der Waals surface area contributed by atoms with Gasteiger partial charge < -0.3 is 19.7 Å². The summed E-state index contributed by atoms with van der Waals surface area (Å²) in [6, 6.07) is 13.1. The summed E-state index contributed by atoms with van der Waals surface area (Å²) in [7, 11) is 3.10. The SMILES string of the molecule is COCCN(CCC(=O)Nc1nnc(-c2ccc(OC)cc2)s1)C(=O)c1ccccc1F. The zero-order chi connectivity index (χ0) is 22.9. The van der Waals surface area contributed by atoms with Gasteiger partial charge in [0, 0.05) is 32.2 Å². The van der Waals surface area contributed by atoms with Crippen LogP contribution in [0.4, 0.5) is 9.52 Å². The molecule has 0 saturated carbocycles. The van der Waals surface area contributed by atoms with Crippen LogP contribution < -0.4 is 10.1 Å². The molecule has 2 aromatic carbocycles. The Labute approximate surface area is 189 Å². The second-order valence-corrected chi connectivity index (χ2v) is 7.68. The standard InChI is InChI=1S/C22H23FN4O4S/c1-30-14-13-27(21(29)17-5-3-4-6-18(17)23)12-11-19(28)24-22-26-25-20(32-22)15-7-9-16(31-2)10-8-15/h3-10H,11-14H2,1-2H3,(H,24,26,28). The number of methoxy groups -OCH3 is 2. The summed E-state index contributed by atoms with van der Waals surface area (Å²) in [4.78, 5) is 26.5. The van der Waals surface area contributed by atoms with Crippen molar-refractivity contribution in [3.8, 4) is 16.3 Å². The summed E-state index contributed by atoms with van der Waals surface area (Å²) in [5.74, 6) is -0.698. The van der Waals surface area contributed by atoms with Gasteiger partial charge >= 0.3 is 0 Å². The molecule has 2 amide bonds. The zero-order valence-electron chi connectivity index (χ0n) is 17.7. The highest BCUT2D eigenvalue weighted by atomic mass is 32.1. The first-order chi connectivity index (χ1) is 15.5. The highest BCUT2D eigenvalue weighted by Crippen LogP contribution is 2.27. The molecule has 0 unspecified atom stereocenters. The minimum Gasteiger partial charge on any atom is -0.497 e. The highest BCUT2D eigenvalue weighted by Gasteiger charge is 2.20. The molecule has 1 aromatic heterocycles. The molecule has 0 aliphatic rings. The molecular weight excluding hydrogens is 435 g/mol. The lowest BCUT2D eigenvalue weighted by Crippen LogP contribution is -2.36. The van der Waals surface area contributed by atoms with Crippen molar-refractivity contribution in [2.45, 2.75) is 6.42 Å². The highest BCUT2D eigenvalue weighted by molar-refractivity contribution is 7.18. The topological polar surface area (TPSA) is 93.7 Å². The number of hydrogen-bond acceptors (Lipinski definition) is 7. The monoisotopic (exact) mass is 458 g/mol. The number of ether oxygens (including phenoxy) is 2. The van der Waals surface area contributed by atoms with Gasteiger partial charge in [-0.05, 0) is 36.4 Å². The Morgan fingerprint density at radius 1 is 1.06 bits per heavy atom.